The molecule has 0 radical (unpaired) electrons. The lowest BCUT2D eigenvalue weighted by Gasteiger charge is -2.05. The Morgan fingerprint density at radius 1 is 1.70 bits per heavy atom. The molecule has 0 aliphatic heterocycles. The van der Waals surface area contributed by atoms with E-state index in [1.807, 2.05) is 0 Å². The van der Waals surface area contributed by atoms with Gasteiger partial charge in [0.15, 0.2) is 0 Å². The van der Waals surface area contributed by atoms with E-state index in [9.17, 15) is 8.76 Å². The molecule has 0 saturated carbocycles. The van der Waals surface area contributed by atoms with Crippen molar-refractivity contribution in [1.29, 1.82) is 0 Å². The molecule has 0 spiro atoms. The molecular formula is C5H5N2O2S-. The molecule has 4 nitrogen and oxygen atoms in total. The average molecular weight is 157 g/mol. The van der Waals surface area contributed by atoms with Gasteiger partial charge in [-0.3, -0.25) is 4.21 Å². The summed E-state index contributed by atoms with van der Waals surface area (Å²) in [6, 6.07) is 2.91. The third kappa shape index (κ3) is 1.31. The zero-order chi connectivity index (χ0) is 7.56. The SMILES string of the molecule is Nc1ncccc1S(=O)[O-]. The van der Waals surface area contributed by atoms with E-state index < -0.39 is 11.1 Å². The fraction of sp³-hybridized carbons (Fsp3) is 0. The van der Waals surface area contributed by atoms with Gasteiger partial charge in [-0.15, -0.1) is 0 Å². The van der Waals surface area contributed by atoms with Crippen LogP contribution in [-0.4, -0.2) is 13.7 Å². The van der Waals surface area contributed by atoms with Gasteiger partial charge in [-0.1, -0.05) is 0 Å². The Balaban J connectivity index is 3.15. The Morgan fingerprint density at radius 2 is 2.40 bits per heavy atom. The molecule has 0 saturated heterocycles. The molecule has 1 atom stereocenters. The third-order valence-electron chi connectivity index (χ3n) is 0.979. The largest absolute Gasteiger partial charge is 0.768 e. The number of rotatable bonds is 1. The van der Waals surface area contributed by atoms with Crippen molar-refractivity contribution in [2.45, 2.75) is 4.90 Å². The van der Waals surface area contributed by atoms with Crippen LogP contribution in [0, 0.1) is 0 Å². The lowest BCUT2D eigenvalue weighted by atomic mass is 10.5. The quantitative estimate of drug-likeness (QED) is 0.577. The molecule has 1 rings (SSSR count). The molecule has 2 N–H and O–H groups in total. The summed E-state index contributed by atoms with van der Waals surface area (Å²) in [7, 11) is 0. The molecule has 1 aromatic rings. The van der Waals surface area contributed by atoms with Crippen LogP contribution in [0.3, 0.4) is 0 Å². The summed E-state index contributed by atoms with van der Waals surface area (Å²) < 4.78 is 20.6. The van der Waals surface area contributed by atoms with Gasteiger partial charge in [-0.05, 0) is 23.2 Å². The van der Waals surface area contributed by atoms with E-state index in [0.29, 0.717) is 0 Å². The summed E-state index contributed by atoms with van der Waals surface area (Å²) in [5, 5.41) is 0. The van der Waals surface area contributed by atoms with E-state index in [1.54, 1.807) is 0 Å². The van der Waals surface area contributed by atoms with Crippen molar-refractivity contribution in [1.82, 2.24) is 4.98 Å². The number of pyridine rings is 1. The third-order valence-corrected chi connectivity index (χ3v) is 1.68. The first-order valence-electron chi connectivity index (χ1n) is 2.51. The number of nitrogens with two attached hydrogens (primary N) is 1. The second-order valence-corrected chi connectivity index (χ2v) is 2.53. The van der Waals surface area contributed by atoms with Crippen LogP contribution in [0.1, 0.15) is 0 Å². The molecule has 0 aromatic carbocycles. The summed E-state index contributed by atoms with van der Waals surface area (Å²) >= 11 is -2.28. The molecule has 1 unspecified atom stereocenters. The lowest BCUT2D eigenvalue weighted by molar-refractivity contribution is 0.537. The van der Waals surface area contributed by atoms with Gasteiger partial charge < -0.3 is 10.3 Å². The molecule has 0 bridgehead atoms. The molecule has 0 fully saturated rings. The molecule has 1 aromatic heterocycles. The lowest BCUT2D eigenvalue weighted by Crippen LogP contribution is -1.98. The van der Waals surface area contributed by atoms with Crippen molar-refractivity contribution >= 4 is 16.9 Å². The Kier molecular flexibility index (Phi) is 1.98. The van der Waals surface area contributed by atoms with Crippen LogP contribution in [0.5, 0.6) is 0 Å². The van der Waals surface area contributed by atoms with Gasteiger partial charge in [0.1, 0.15) is 5.82 Å². The highest BCUT2D eigenvalue weighted by atomic mass is 32.2. The minimum absolute atomic E-state index is 0.0378. The van der Waals surface area contributed by atoms with Crippen LogP contribution in [-0.2, 0) is 11.1 Å². The predicted molar refractivity (Wildman–Crippen MR) is 35.8 cm³/mol. The highest BCUT2D eigenvalue weighted by molar-refractivity contribution is 7.79. The minimum Gasteiger partial charge on any atom is -0.768 e. The van der Waals surface area contributed by atoms with Gasteiger partial charge in [0.25, 0.3) is 0 Å². The molecule has 1 heterocycles. The Bertz CT molecular complexity index is 264. The molecule has 0 aliphatic carbocycles. The van der Waals surface area contributed by atoms with Crippen LogP contribution < -0.4 is 5.73 Å². The van der Waals surface area contributed by atoms with E-state index >= 15 is 0 Å². The zero-order valence-electron chi connectivity index (χ0n) is 4.98. The topological polar surface area (TPSA) is 79.0 Å². The van der Waals surface area contributed by atoms with Crippen LogP contribution >= 0.6 is 0 Å². The summed E-state index contributed by atoms with van der Waals surface area (Å²) in [6.45, 7) is 0. The predicted octanol–water partition coefficient (Wildman–Crippen LogP) is -0.0982. The molecular weight excluding hydrogens is 152 g/mol. The summed E-state index contributed by atoms with van der Waals surface area (Å²) in [5.41, 5.74) is 5.22. The molecule has 0 aliphatic rings. The van der Waals surface area contributed by atoms with Gasteiger partial charge in [0, 0.05) is 6.20 Å². The Hall–Kier alpha value is -0.940. The maximum absolute atomic E-state index is 10.3. The molecule has 10 heavy (non-hydrogen) atoms. The van der Waals surface area contributed by atoms with Gasteiger partial charge in [0.2, 0.25) is 0 Å². The molecule has 54 valence electrons. The summed E-state index contributed by atoms with van der Waals surface area (Å²) in [6.07, 6.45) is 1.44. The van der Waals surface area contributed by atoms with E-state index in [2.05, 4.69) is 4.98 Å². The first kappa shape index (κ1) is 7.17. The number of nitrogen functional groups attached to an aromatic ring is 1. The highest BCUT2D eigenvalue weighted by Crippen LogP contribution is 2.09. The fourth-order valence-corrected chi connectivity index (χ4v) is 0.957. The maximum atomic E-state index is 10.3. The van der Waals surface area contributed by atoms with Crippen molar-refractivity contribution < 1.29 is 8.76 Å². The van der Waals surface area contributed by atoms with E-state index in [4.69, 9.17) is 5.73 Å². The first-order valence-corrected chi connectivity index (χ1v) is 3.59. The fourth-order valence-electron chi connectivity index (χ4n) is 0.544. The number of nitrogens with zero attached hydrogens (tertiary/aromatic N) is 1. The maximum Gasteiger partial charge on any atom is 0.138 e. The second-order valence-electron chi connectivity index (χ2n) is 1.62. The molecule has 5 heteroatoms. The van der Waals surface area contributed by atoms with Crippen molar-refractivity contribution in [3.05, 3.63) is 18.3 Å². The minimum atomic E-state index is -2.28. The Labute approximate surface area is 60.4 Å². The standard InChI is InChI=1S/C5H6N2O2S/c6-5-4(10(8)9)2-1-3-7-5/h1-3H,(H2,6,7)(H,8,9)/p-1. The number of hydrogen-bond donors (Lipinski definition) is 1. The van der Waals surface area contributed by atoms with Crippen LogP contribution in [0.25, 0.3) is 0 Å². The van der Waals surface area contributed by atoms with E-state index in [0.717, 1.165) is 0 Å². The molecule has 0 amide bonds. The van der Waals surface area contributed by atoms with Gasteiger partial charge >= 0.3 is 0 Å². The van der Waals surface area contributed by atoms with Crippen LogP contribution in [0.2, 0.25) is 0 Å². The Morgan fingerprint density at radius 3 is 2.80 bits per heavy atom. The van der Waals surface area contributed by atoms with Crippen LogP contribution in [0.4, 0.5) is 5.82 Å². The number of hydrogen-bond acceptors (Lipinski definition) is 4. The van der Waals surface area contributed by atoms with Crippen molar-refractivity contribution in [2.75, 3.05) is 5.73 Å². The van der Waals surface area contributed by atoms with E-state index in [1.165, 1.54) is 18.3 Å². The highest BCUT2D eigenvalue weighted by Gasteiger charge is 1.96. The average Bonchev–Trinajstić information content (AvgIpc) is 1.88. The number of anilines is 1. The van der Waals surface area contributed by atoms with Crippen LogP contribution in [0.15, 0.2) is 23.2 Å². The monoisotopic (exact) mass is 157 g/mol. The first-order chi connectivity index (χ1) is 4.72. The zero-order valence-corrected chi connectivity index (χ0v) is 5.80. The number of aromatic nitrogens is 1. The van der Waals surface area contributed by atoms with Crippen molar-refractivity contribution in [3.8, 4) is 0 Å². The van der Waals surface area contributed by atoms with E-state index in [-0.39, 0.29) is 10.7 Å². The smallest absolute Gasteiger partial charge is 0.138 e. The van der Waals surface area contributed by atoms with Gasteiger partial charge in [-0.25, -0.2) is 4.98 Å². The normalized spacial score (nSPS) is 12.9. The summed E-state index contributed by atoms with van der Waals surface area (Å²) in [5.74, 6) is 0.0378. The van der Waals surface area contributed by atoms with Gasteiger partial charge in [0.05, 0.1) is 4.90 Å². The van der Waals surface area contributed by atoms with Crippen molar-refractivity contribution in [3.63, 3.8) is 0 Å². The summed E-state index contributed by atoms with van der Waals surface area (Å²) in [4.78, 5) is 3.63. The van der Waals surface area contributed by atoms with Crippen molar-refractivity contribution in [2.24, 2.45) is 0 Å². The van der Waals surface area contributed by atoms with Gasteiger partial charge in [-0.2, -0.15) is 0 Å². The second kappa shape index (κ2) is 2.76.